The van der Waals surface area contributed by atoms with Crippen LogP contribution in [0, 0.1) is 6.92 Å². The summed E-state index contributed by atoms with van der Waals surface area (Å²) in [6, 6.07) is 24.0. The number of hydrogen-bond donors (Lipinski definition) is 0. The van der Waals surface area contributed by atoms with Crippen molar-refractivity contribution in [3.63, 3.8) is 0 Å². The average molecular weight is 403 g/mol. The van der Waals surface area contributed by atoms with E-state index < -0.39 is 5.97 Å². The zero-order chi connectivity index (χ0) is 21.3. The van der Waals surface area contributed by atoms with Gasteiger partial charge in [-0.05, 0) is 36.8 Å². The van der Waals surface area contributed by atoms with E-state index in [2.05, 4.69) is 0 Å². The number of ether oxygens (including phenoxy) is 2. The summed E-state index contributed by atoms with van der Waals surface area (Å²) in [5, 5.41) is 0. The van der Waals surface area contributed by atoms with Gasteiger partial charge in [-0.3, -0.25) is 4.79 Å². The Morgan fingerprint density at radius 1 is 0.800 bits per heavy atom. The maximum atomic E-state index is 12.9. The average Bonchev–Trinajstić information content (AvgIpc) is 2.78. The summed E-state index contributed by atoms with van der Waals surface area (Å²) < 4.78 is 10.9. The molecule has 3 aromatic carbocycles. The molecule has 5 nitrogen and oxygen atoms in total. The predicted octanol–water partition coefficient (Wildman–Crippen LogP) is 4.50. The monoisotopic (exact) mass is 403 g/mol. The first-order chi connectivity index (χ1) is 14.5. The van der Waals surface area contributed by atoms with E-state index >= 15 is 0 Å². The lowest BCUT2D eigenvalue weighted by atomic mass is 10.1. The zero-order valence-electron chi connectivity index (χ0n) is 17.2. The Kier molecular flexibility index (Phi) is 7.22. The normalized spacial score (nSPS) is 10.3. The van der Waals surface area contributed by atoms with Crippen molar-refractivity contribution < 1.29 is 19.1 Å². The Balaban J connectivity index is 1.58. The summed E-state index contributed by atoms with van der Waals surface area (Å²) in [4.78, 5) is 27.1. The van der Waals surface area contributed by atoms with Gasteiger partial charge >= 0.3 is 5.97 Å². The predicted molar refractivity (Wildman–Crippen MR) is 116 cm³/mol. The summed E-state index contributed by atoms with van der Waals surface area (Å²) in [7, 11) is 1.72. The number of carbonyl (C=O) groups is 2. The molecule has 154 valence electrons. The van der Waals surface area contributed by atoms with Crippen LogP contribution in [0.5, 0.6) is 5.75 Å². The van der Waals surface area contributed by atoms with E-state index in [9.17, 15) is 9.59 Å². The highest BCUT2D eigenvalue weighted by Crippen LogP contribution is 2.15. The van der Waals surface area contributed by atoms with Crippen LogP contribution in [-0.2, 0) is 11.3 Å². The molecule has 0 aliphatic heterocycles. The summed E-state index contributed by atoms with van der Waals surface area (Å²) >= 11 is 0. The first-order valence-electron chi connectivity index (χ1n) is 9.79. The van der Waals surface area contributed by atoms with E-state index in [4.69, 9.17) is 9.47 Å². The van der Waals surface area contributed by atoms with Crippen LogP contribution in [-0.4, -0.2) is 37.0 Å². The molecule has 0 aliphatic rings. The van der Waals surface area contributed by atoms with Gasteiger partial charge in [-0.1, -0.05) is 60.2 Å². The maximum Gasteiger partial charge on any atom is 0.339 e. The van der Waals surface area contributed by atoms with Crippen LogP contribution in [0.3, 0.4) is 0 Å². The third-order valence-electron chi connectivity index (χ3n) is 4.59. The van der Waals surface area contributed by atoms with Gasteiger partial charge in [0, 0.05) is 13.6 Å². The molecule has 5 heteroatoms. The third-order valence-corrected chi connectivity index (χ3v) is 4.59. The number of aryl methyl sites for hydroxylation is 1. The smallest absolute Gasteiger partial charge is 0.339 e. The second-order valence-electron chi connectivity index (χ2n) is 6.99. The molecule has 0 aromatic heterocycles. The fraction of sp³-hybridized carbons (Fsp3) is 0.200. The van der Waals surface area contributed by atoms with E-state index in [1.807, 2.05) is 61.5 Å². The topological polar surface area (TPSA) is 55.8 Å². The van der Waals surface area contributed by atoms with E-state index in [0.29, 0.717) is 12.1 Å². The van der Waals surface area contributed by atoms with Gasteiger partial charge in [0.05, 0.1) is 11.1 Å². The SMILES string of the molecule is Cc1ccc(OCCOC(=O)c2ccccc2C(=O)N(C)Cc2ccccc2)cc1. The second kappa shape index (κ2) is 10.3. The molecule has 0 aliphatic carbocycles. The van der Waals surface area contributed by atoms with Crippen LogP contribution in [0.4, 0.5) is 0 Å². The van der Waals surface area contributed by atoms with Crippen LogP contribution in [0.2, 0.25) is 0 Å². The van der Waals surface area contributed by atoms with E-state index in [1.54, 1.807) is 36.2 Å². The van der Waals surface area contributed by atoms with Crippen LogP contribution in [0.25, 0.3) is 0 Å². The Morgan fingerprint density at radius 3 is 2.13 bits per heavy atom. The highest BCUT2D eigenvalue weighted by Gasteiger charge is 2.20. The van der Waals surface area contributed by atoms with Gasteiger partial charge in [-0.15, -0.1) is 0 Å². The van der Waals surface area contributed by atoms with Crippen molar-refractivity contribution in [3.05, 3.63) is 101 Å². The second-order valence-corrected chi connectivity index (χ2v) is 6.99. The number of benzene rings is 3. The summed E-state index contributed by atoms with van der Waals surface area (Å²) in [6.45, 7) is 2.78. The molecule has 0 heterocycles. The van der Waals surface area contributed by atoms with Crippen LogP contribution in [0.1, 0.15) is 31.8 Å². The minimum absolute atomic E-state index is 0.0924. The molecule has 30 heavy (non-hydrogen) atoms. The van der Waals surface area contributed by atoms with Crippen molar-refractivity contribution in [1.29, 1.82) is 0 Å². The van der Waals surface area contributed by atoms with Gasteiger partial charge in [-0.2, -0.15) is 0 Å². The van der Waals surface area contributed by atoms with Crippen LogP contribution in [0.15, 0.2) is 78.9 Å². The molecule has 3 aromatic rings. The number of carbonyl (C=O) groups excluding carboxylic acids is 2. The number of hydrogen-bond acceptors (Lipinski definition) is 4. The Hall–Kier alpha value is -3.60. The minimum Gasteiger partial charge on any atom is -0.490 e. The number of esters is 1. The molecular formula is C25H25NO4. The molecular weight excluding hydrogens is 378 g/mol. The van der Waals surface area contributed by atoms with Gasteiger partial charge in [0.15, 0.2) is 0 Å². The largest absolute Gasteiger partial charge is 0.490 e. The Morgan fingerprint density at radius 2 is 1.43 bits per heavy atom. The molecule has 0 saturated heterocycles. The molecule has 0 unspecified atom stereocenters. The number of amides is 1. The lowest BCUT2D eigenvalue weighted by Crippen LogP contribution is -2.28. The van der Waals surface area contributed by atoms with E-state index in [-0.39, 0.29) is 24.7 Å². The molecule has 3 rings (SSSR count). The van der Waals surface area contributed by atoms with Gasteiger partial charge in [0.1, 0.15) is 19.0 Å². The van der Waals surface area contributed by atoms with E-state index in [0.717, 1.165) is 16.9 Å². The van der Waals surface area contributed by atoms with Crippen LogP contribution < -0.4 is 4.74 Å². The van der Waals surface area contributed by atoms with Crippen molar-refractivity contribution in [2.45, 2.75) is 13.5 Å². The Bertz CT molecular complexity index is 984. The van der Waals surface area contributed by atoms with Gasteiger partial charge < -0.3 is 14.4 Å². The highest BCUT2D eigenvalue weighted by molar-refractivity contribution is 6.05. The first-order valence-corrected chi connectivity index (χ1v) is 9.79. The standard InChI is InChI=1S/C25H25NO4/c1-19-12-14-21(15-13-19)29-16-17-30-25(28)23-11-7-6-10-22(23)24(27)26(2)18-20-8-4-3-5-9-20/h3-15H,16-18H2,1-2H3. The third kappa shape index (κ3) is 5.70. The van der Waals surface area contributed by atoms with Crippen molar-refractivity contribution in [1.82, 2.24) is 4.90 Å². The van der Waals surface area contributed by atoms with Gasteiger partial charge in [-0.25, -0.2) is 4.79 Å². The summed E-state index contributed by atoms with van der Waals surface area (Å²) in [6.07, 6.45) is 0. The fourth-order valence-electron chi connectivity index (χ4n) is 2.99. The molecule has 1 amide bonds. The minimum atomic E-state index is -0.542. The molecule has 0 spiro atoms. The lowest BCUT2D eigenvalue weighted by Gasteiger charge is -2.19. The zero-order valence-corrected chi connectivity index (χ0v) is 17.2. The van der Waals surface area contributed by atoms with Crippen molar-refractivity contribution >= 4 is 11.9 Å². The highest BCUT2D eigenvalue weighted by atomic mass is 16.6. The van der Waals surface area contributed by atoms with Crippen molar-refractivity contribution in [3.8, 4) is 5.75 Å². The maximum absolute atomic E-state index is 12.9. The van der Waals surface area contributed by atoms with Gasteiger partial charge in [0.25, 0.3) is 5.91 Å². The van der Waals surface area contributed by atoms with Crippen molar-refractivity contribution in [2.24, 2.45) is 0 Å². The molecule has 0 bridgehead atoms. The quantitative estimate of drug-likeness (QED) is 0.410. The molecule has 0 atom stereocenters. The van der Waals surface area contributed by atoms with E-state index in [1.165, 1.54) is 0 Å². The molecule has 0 saturated carbocycles. The van der Waals surface area contributed by atoms with Crippen LogP contribution >= 0.6 is 0 Å². The molecule has 0 radical (unpaired) electrons. The fourth-order valence-corrected chi connectivity index (χ4v) is 2.99. The first kappa shape index (κ1) is 21.1. The summed E-state index contributed by atoms with van der Waals surface area (Å²) in [5.74, 6) is -0.0587. The number of nitrogens with zero attached hydrogens (tertiary/aromatic N) is 1. The molecule has 0 fully saturated rings. The van der Waals surface area contributed by atoms with Gasteiger partial charge in [0.2, 0.25) is 0 Å². The van der Waals surface area contributed by atoms with Crippen molar-refractivity contribution in [2.75, 3.05) is 20.3 Å². The Labute approximate surface area is 176 Å². The summed E-state index contributed by atoms with van der Waals surface area (Å²) in [5.41, 5.74) is 2.73. The molecule has 0 N–H and O–H groups in total. The number of rotatable bonds is 8. The lowest BCUT2D eigenvalue weighted by molar-refractivity contribution is 0.0445.